The maximum absolute atomic E-state index is 12.2. The first-order valence-corrected chi connectivity index (χ1v) is 8.92. The maximum Gasteiger partial charge on any atom is 0.257 e. The van der Waals surface area contributed by atoms with Crippen molar-refractivity contribution in [1.82, 2.24) is 5.32 Å². The van der Waals surface area contributed by atoms with Gasteiger partial charge in [-0.05, 0) is 65.7 Å². The highest BCUT2D eigenvalue weighted by atomic mass is 79.9. The third-order valence-electron chi connectivity index (χ3n) is 3.37. The van der Waals surface area contributed by atoms with Crippen LogP contribution in [0.5, 0.6) is 0 Å². The van der Waals surface area contributed by atoms with E-state index < -0.39 is 0 Å². The zero-order valence-corrected chi connectivity index (χ0v) is 16.8. The molecule has 0 bridgehead atoms. The number of carbonyl (C=O) groups excluding carboxylic acids is 1. The number of carbonyl (C=O) groups is 1. The summed E-state index contributed by atoms with van der Waals surface area (Å²) in [4.78, 5) is 12.2. The second-order valence-corrected chi connectivity index (χ2v) is 8.12. The van der Waals surface area contributed by atoms with E-state index in [-0.39, 0.29) is 16.4 Å². The minimum absolute atomic E-state index is 0.0675. The summed E-state index contributed by atoms with van der Waals surface area (Å²) < 4.78 is 0.995. The van der Waals surface area contributed by atoms with E-state index in [4.69, 9.17) is 23.8 Å². The van der Waals surface area contributed by atoms with Gasteiger partial charge in [0.05, 0.1) is 0 Å². The van der Waals surface area contributed by atoms with Crippen LogP contribution < -0.4 is 10.6 Å². The summed E-state index contributed by atoms with van der Waals surface area (Å²) in [5, 5.41) is 6.63. The largest absolute Gasteiger partial charge is 0.332 e. The van der Waals surface area contributed by atoms with Gasteiger partial charge >= 0.3 is 0 Å². The SMILES string of the molecule is CC(C)(C)c1cc(Br)ccc1NC(=S)NC(=O)c1ccc(Cl)cc1. The van der Waals surface area contributed by atoms with Crippen LogP contribution in [0.2, 0.25) is 5.02 Å². The van der Waals surface area contributed by atoms with Gasteiger partial charge in [0.15, 0.2) is 5.11 Å². The minimum atomic E-state index is -0.279. The van der Waals surface area contributed by atoms with Crippen LogP contribution in [0.4, 0.5) is 5.69 Å². The molecule has 0 aliphatic carbocycles. The molecule has 126 valence electrons. The number of amides is 1. The Hall–Kier alpha value is -1.43. The van der Waals surface area contributed by atoms with Crippen LogP contribution in [0.25, 0.3) is 0 Å². The summed E-state index contributed by atoms with van der Waals surface area (Å²) in [6.07, 6.45) is 0. The first-order chi connectivity index (χ1) is 11.2. The lowest BCUT2D eigenvalue weighted by Crippen LogP contribution is -2.34. The second kappa shape index (κ2) is 7.64. The lowest BCUT2D eigenvalue weighted by Gasteiger charge is -2.24. The Balaban J connectivity index is 2.13. The zero-order chi connectivity index (χ0) is 17.9. The monoisotopic (exact) mass is 424 g/mol. The molecule has 0 radical (unpaired) electrons. The molecular weight excluding hydrogens is 408 g/mol. The number of benzene rings is 2. The molecule has 0 aromatic heterocycles. The average Bonchev–Trinajstić information content (AvgIpc) is 2.48. The molecule has 0 unspecified atom stereocenters. The summed E-state index contributed by atoms with van der Waals surface area (Å²) in [7, 11) is 0. The van der Waals surface area contributed by atoms with Gasteiger partial charge in [-0.15, -0.1) is 0 Å². The smallest absolute Gasteiger partial charge is 0.257 e. The quantitative estimate of drug-likeness (QED) is 0.622. The molecule has 2 aromatic rings. The molecule has 2 rings (SSSR count). The summed E-state index contributed by atoms with van der Waals surface area (Å²) in [6.45, 7) is 6.36. The molecule has 2 aromatic carbocycles. The van der Waals surface area contributed by atoms with Gasteiger partial charge in [0.25, 0.3) is 5.91 Å². The molecule has 6 heteroatoms. The Morgan fingerprint density at radius 1 is 1.12 bits per heavy atom. The van der Waals surface area contributed by atoms with Crippen molar-refractivity contribution in [1.29, 1.82) is 0 Å². The van der Waals surface area contributed by atoms with Crippen LogP contribution in [-0.2, 0) is 5.41 Å². The fourth-order valence-electron chi connectivity index (χ4n) is 2.18. The van der Waals surface area contributed by atoms with Crippen molar-refractivity contribution < 1.29 is 4.79 Å². The lowest BCUT2D eigenvalue weighted by molar-refractivity contribution is 0.0978. The van der Waals surface area contributed by atoms with E-state index in [2.05, 4.69) is 47.3 Å². The van der Waals surface area contributed by atoms with Crippen molar-refractivity contribution in [2.24, 2.45) is 0 Å². The first-order valence-electron chi connectivity index (χ1n) is 7.35. The standard InChI is InChI=1S/C18H18BrClN2OS/c1-18(2,3)14-10-12(19)6-9-15(14)21-17(24)22-16(23)11-4-7-13(20)8-5-11/h4-10H,1-3H3,(H2,21,22,23,24). The number of hydrogen-bond donors (Lipinski definition) is 2. The second-order valence-electron chi connectivity index (χ2n) is 6.36. The summed E-state index contributed by atoms with van der Waals surface area (Å²) in [5.74, 6) is -0.279. The molecular formula is C18H18BrClN2OS. The van der Waals surface area contributed by atoms with Gasteiger partial charge in [0.2, 0.25) is 0 Å². The van der Waals surface area contributed by atoms with Gasteiger partial charge in [-0.2, -0.15) is 0 Å². The van der Waals surface area contributed by atoms with Crippen molar-refractivity contribution >= 4 is 56.5 Å². The number of thiocarbonyl (C=S) groups is 1. The molecule has 0 aliphatic rings. The van der Waals surface area contributed by atoms with Crippen LogP contribution in [0.3, 0.4) is 0 Å². The predicted molar refractivity (Wildman–Crippen MR) is 108 cm³/mol. The van der Waals surface area contributed by atoms with Crippen molar-refractivity contribution in [3.8, 4) is 0 Å². The predicted octanol–water partition coefficient (Wildman–Crippen LogP) is 5.53. The third kappa shape index (κ3) is 5.03. The van der Waals surface area contributed by atoms with E-state index in [0.29, 0.717) is 10.6 Å². The Labute approximate surface area is 160 Å². The van der Waals surface area contributed by atoms with Crippen molar-refractivity contribution in [3.05, 3.63) is 63.1 Å². The van der Waals surface area contributed by atoms with Crippen LogP contribution in [0.15, 0.2) is 46.9 Å². The molecule has 0 fully saturated rings. The topological polar surface area (TPSA) is 41.1 Å². The Kier molecular flexibility index (Phi) is 6.01. The molecule has 1 amide bonds. The maximum atomic E-state index is 12.2. The summed E-state index contributed by atoms with van der Waals surface area (Å²) in [6, 6.07) is 12.6. The van der Waals surface area contributed by atoms with Gasteiger partial charge in [-0.1, -0.05) is 48.3 Å². The van der Waals surface area contributed by atoms with E-state index >= 15 is 0 Å². The average molecular weight is 426 g/mol. The number of rotatable bonds is 2. The van der Waals surface area contributed by atoms with Crippen LogP contribution in [-0.4, -0.2) is 11.0 Å². The highest BCUT2D eigenvalue weighted by Crippen LogP contribution is 2.32. The van der Waals surface area contributed by atoms with Crippen LogP contribution >= 0.6 is 39.7 Å². The zero-order valence-electron chi connectivity index (χ0n) is 13.6. The van der Waals surface area contributed by atoms with Gasteiger partial charge < -0.3 is 5.32 Å². The van der Waals surface area contributed by atoms with Gasteiger partial charge in [-0.3, -0.25) is 10.1 Å². The number of hydrogen-bond acceptors (Lipinski definition) is 2. The van der Waals surface area contributed by atoms with E-state index in [1.807, 2.05) is 18.2 Å². The molecule has 0 aliphatic heterocycles. The van der Waals surface area contributed by atoms with Gasteiger partial charge in [-0.25, -0.2) is 0 Å². The summed E-state index contributed by atoms with van der Waals surface area (Å²) >= 11 is 14.6. The number of anilines is 1. The molecule has 0 saturated heterocycles. The number of nitrogens with one attached hydrogen (secondary N) is 2. The molecule has 24 heavy (non-hydrogen) atoms. The fourth-order valence-corrected chi connectivity index (χ4v) is 2.87. The first kappa shape index (κ1) is 18.9. The molecule has 0 spiro atoms. The van der Waals surface area contributed by atoms with Crippen LogP contribution in [0.1, 0.15) is 36.7 Å². The van der Waals surface area contributed by atoms with Crippen LogP contribution in [0, 0.1) is 0 Å². The lowest BCUT2D eigenvalue weighted by atomic mass is 9.86. The molecule has 0 atom stereocenters. The Morgan fingerprint density at radius 2 is 1.75 bits per heavy atom. The minimum Gasteiger partial charge on any atom is -0.332 e. The highest BCUT2D eigenvalue weighted by Gasteiger charge is 2.19. The van der Waals surface area contributed by atoms with Crippen molar-refractivity contribution in [2.75, 3.05) is 5.32 Å². The molecule has 3 nitrogen and oxygen atoms in total. The van der Waals surface area contributed by atoms with Gasteiger partial charge in [0, 0.05) is 20.7 Å². The molecule has 0 heterocycles. The highest BCUT2D eigenvalue weighted by molar-refractivity contribution is 9.10. The Morgan fingerprint density at radius 3 is 2.33 bits per heavy atom. The normalized spacial score (nSPS) is 11.0. The molecule has 0 saturated carbocycles. The van der Waals surface area contributed by atoms with E-state index in [1.165, 1.54) is 0 Å². The van der Waals surface area contributed by atoms with Crippen molar-refractivity contribution in [3.63, 3.8) is 0 Å². The van der Waals surface area contributed by atoms with E-state index in [0.717, 1.165) is 15.7 Å². The third-order valence-corrected chi connectivity index (χ3v) is 4.32. The number of halogens is 2. The van der Waals surface area contributed by atoms with Crippen molar-refractivity contribution in [2.45, 2.75) is 26.2 Å². The molecule has 2 N–H and O–H groups in total. The van der Waals surface area contributed by atoms with E-state index in [9.17, 15) is 4.79 Å². The fraction of sp³-hybridized carbons (Fsp3) is 0.222. The summed E-state index contributed by atoms with van der Waals surface area (Å²) in [5.41, 5.74) is 2.39. The van der Waals surface area contributed by atoms with E-state index in [1.54, 1.807) is 24.3 Å². The van der Waals surface area contributed by atoms with Gasteiger partial charge in [0.1, 0.15) is 0 Å². The Bertz CT molecular complexity index is 770.